The van der Waals surface area contributed by atoms with E-state index < -0.39 is 0 Å². The van der Waals surface area contributed by atoms with Crippen LogP contribution in [0.2, 0.25) is 0 Å². The lowest BCUT2D eigenvalue weighted by Crippen LogP contribution is -2.53. The highest BCUT2D eigenvalue weighted by atomic mass is 15.2. The fraction of sp³-hybridized carbons (Fsp3) is 1.00. The number of hydrogen-bond donors (Lipinski definition) is 1. The smallest absolute Gasteiger partial charge is 0.0352 e. The first kappa shape index (κ1) is 9.01. The summed E-state index contributed by atoms with van der Waals surface area (Å²) in [5, 5.41) is 0. The van der Waals surface area contributed by atoms with Gasteiger partial charge in [0.1, 0.15) is 0 Å². The third kappa shape index (κ3) is 1.18. The zero-order valence-electron chi connectivity index (χ0n) is 8.09. The van der Waals surface area contributed by atoms with E-state index in [0.717, 1.165) is 13.0 Å². The minimum absolute atomic E-state index is 0.222. The summed E-state index contributed by atoms with van der Waals surface area (Å²) in [6, 6.07) is 0.354. The maximum atomic E-state index is 6.06. The molecule has 1 aliphatic heterocycles. The van der Waals surface area contributed by atoms with Gasteiger partial charge < -0.3 is 5.73 Å². The molecule has 2 N–H and O–H groups in total. The van der Waals surface area contributed by atoms with E-state index in [-0.39, 0.29) is 5.54 Å². The van der Waals surface area contributed by atoms with Crippen LogP contribution in [0.4, 0.5) is 0 Å². The van der Waals surface area contributed by atoms with Gasteiger partial charge in [0.15, 0.2) is 0 Å². The summed E-state index contributed by atoms with van der Waals surface area (Å²) in [6.45, 7) is 7.93. The van der Waals surface area contributed by atoms with Crippen molar-refractivity contribution in [3.8, 4) is 0 Å². The minimum atomic E-state index is 0.222. The van der Waals surface area contributed by atoms with Crippen molar-refractivity contribution in [3.05, 3.63) is 0 Å². The SMILES string of the molecule is CC(C)C1(C)C(N)CCN1C. The average molecular weight is 156 g/mol. The lowest BCUT2D eigenvalue weighted by Gasteiger charge is -2.39. The second kappa shape index (κ2) is 2.76. The molecule has 0 aliphatic carbocycles. The van der Waals surface area contributed by atoms with Crippen LogP contribution >= 0.6 is 0 Å². The van der Waals surface area contributed by atoms with E-state index in [2.05, 4.69) is 32.7 Å². The second-order valence-electron chi connectivity index (χ2n) is 4.20. The molecule has 1 heterocycles. The summed E-state index contributed by atoms with van der Waals surface area (Å²) in [5.41, 5.74) is 6.29. The molecule has 0 bridgehead atoms. The topological polar surface area (TPSA) is 29.3 Å². The number of rotatable bonds is 1. The van der Waals surface area contributed by atoms with E-state index >= 15 is 0 Å². The Bertz CT molecular complexity index is 132. The van der Waals surface area contributed by atoms with Crippen LogP contribution in [0.1, 0.15) is 27.2 Å². The molecule has 2 heteroatoms. The Morgan fingerprint density at radius 3 is 2.27 bits per heavy atom. The van der Waals surface area contributed by atoms with Crippen LogP contribution in [0.5, 0.6) is 0 Å². The maximum Gasteiger partial charge on any atom is 0.0352 e. The van der Waals surface area contributed by atoms with Gasteiger partial charge in [0, 0.05) is 11.6 Å². The zero-order valence-corrected chi connectivity index (χ0v) is 8.09. The molecule has 1 aliphatic rings. The Labute approximate surface area is 69.8 Å². The largest absolute Gasteiger partial charge is 0.326 e. The average Bonchev–Trinajstić information content (AvgIpc) is 2.18. The Morgan fingerprint density at radius 2 is 2.09 bits per heavy atom. The standard InChI is InChI=1S/C9H20N2/c1-7(2)9(3)8(10)5-6-11(9)4/h7-8H,5-6,10H2,1-4H3. The van der Waals surface area contributed by atoms with E-state index in [9.17, 15) is 0 Å². The van der Waals surface area contributed by atoms with Crippen molar-refractivity contribution in [1.82, 2.24) is 4.90 Å². The minimum Gasteiger partial charge on any atom is -0.326 e. The first-order valence-electron chi connectivity index (χ1n) is 4.46. The lowest BCUT2D eigenvalue weighted by molar-refractivity contribution is 0.121. The summed E-state index contributed by atoms with van der Waals surface area (Å²) in [6.07, 6.45) is 1.14. The molecule has 0 radical (unpaired) electrons. The van der Waals surface area contributed by atoms with Gasteiger partial charge in [0.05, 0.1) is 0 Å². The van der Waals surface area contributed by atoms with Gasteiger partial charge in [0.25, 0.3) is 0 Å². The molecule has 1 fully saturated rings. The molecule has 0 aromatic heterocycles. The molecule has 0 aromatic carbocycles. The van der Waals surface area contributed by atoms with Gasteiger partial charge in [-0.05, 0) is 32.9 Å². The highest BCUT2D eigenvalue weighted by molar-refractivity contribution is 5.01. The number of hydrogen-bond acceptors (Lipinski definition) is 2. The fourth-order valence-corrected chi connectivity index (χ4v) is 2.02. The normalized spacial score (nSPS) is 40.4. The number of likely N-dealkylation sites (N-methyl/N-ethyl adjacent to an activating group) is 1. The molecule has 0 aromatic rings. The molecule has 11 heavy (non-hydrogen) atoms. The monoisotopic (exact) mass is 156 g/mol. The predicted octanol–water partition coefficient (Wildman–Crippen LogP) is 1.06. The van der Waals surface area contributed by atoms with Crippen molar-refractivity contribution >= 4 is 0 Å². The maximum absolute atomic E-state index is 6.06. The van der Waals surface area contributed by atoms with Crippen LogP contribution in [0.15, 0.2) is 0 Å². The van der Waals surface area contributed by atoms with Gasteiger partial charge >= 0.3 is 0 Å². The quantitative estimate of drug-likeness (QED) is 0.615. The Kier molecular flexibility index (Phi) is 2.26. The Morgan fingerprint density at radius 1 is 1.55 bits per heavy atom. The highest BCUT2D eigenvalue weighted by Crippen LogP contribution is 2.32. The summed E-state index contributed by atoms with van der Waals surface area (Å²) in [5.74, 6) is 0.644. The van der Waals surface area contributed by atoms with Crippen molar-refractivity contribution in [1.29, 1.82) is 0 Å². The summed E-state index contributed by atoms with van der Waals surface area (Å²) in [7, 11) is 2.17. The molecule has 2 nitrogen and oxygen atoms in total. The van der Waals surface area contributed by atoms with Gasteiger partial charge in [-0.3, -0.25) is 4.90 Å². The van der Waals surface area contributed by atoms with Crippen LogP contribution in [0, 0.1) is 5.92 Å². The van der Waals surface area contributed by atoms with Crippen molar-refractivity contribution in [2.45, 2.75) is 38.8 Å². The Hall–Kier alpha value is -0.0800. The van der Waals surface area contributed by atoms with Crippen molar-refractivity contribution in [2.24, 2.45) is 11.7 Å². The first-order valence-corrected chi connectivity index (χ1v) is 4.46. The van der Waals surface area contributed by atoms with Crippen molar-refractivity contribution < 1.29 is 0 Å². The highest BCUT2D eigenvalue weighted by Gasteiger charge is 2.43. The van der Waals surface area contributed by atoms with Crippen molar-refractivity contribution in [2.75, 3.05) is 13.6 Å². The van der Waals surface area contributed by atoms with E-state index in [1.807, 2.05) is 0 Å². The van der Waals surface area contributed by atoms with Crippen LogP contribution in [0.25, 0.3) is 0 Å². The second-order valence-corrected chi connectivity index (χ2v) is 4.20. The lowest BCUT2D eigenvalue weighted by atomic mass is 9.83. The van der Waals surface area contributed by atoms with Crippen LogP contribution in [-0.2, 0) is 0 Å². The first-order chi connectivity index (χ1) is 4.99. The van der Waals surface area contributed by atoms with Gasteiger partial charge in [-0.15, -0.1) is 0 Å². The molecular formula is C9H20N2. The van der Waals surface area contributed by atoms with Crippen molar-refractivity contribution in [3.63, 3.8) is 0 Å². The van der Waals surface area contributed by atoms with E-state index in [0.29, 0.717) is 12.0 Å². The van der Waals surface area contributed by atoms with Gasteiger partial charge in [-0.1, -0.05) is 13.8 Å². The molecular weight excluding hydrogens is 136 g/mol. The molecule has 66 valence electrons. The van der Waals surface area contributed by atoms with E-state index in [1.54, 1.807) is 0 Å². The molecule has 0 saturated carbocycles. The molecule has 0 amide bonds. The third-order valence-corrected chi connectivity index (χ3v) is 3.52. The number of nitrogens with two attached hydrogens (primary N) is 1. The van der Waals surface area contributed by atoms with Gasteiger partial charge in [0.2, 0.25) is 0 Å². The fourth-order valence-electron chi connectivity index (χ4n) is 2.02. The molecule has 2 unspecified atom stereocenters. The Balaban J connectivity index is 2.80. The van der Waals surface area contributed by atoms with Crippen LogP contribution < -0.4 is 5.73 Å². The van der Waals surface area contributed by atoms with Gasteiger partial charge in [-0.25, -0.2) is 0 Å². The van der Waals surface area contributed by atoms with Gasteiger partial charge in [-0.2, -0.15) is 0 Å². The summed E-state index contributed by atoms with van der Waals surface area (Å²) < 4.78 is 0. The van der Waals surface area contributed by atoms with E-state index in [1.165, 1.54) is 0 Å². The number of nitrogens with zero attached hydrogens (tertiary/aromatic N) is 1. The third-order valence-electron chi connectivity index (χ3n) is 3.52. The predicted molar refractivity (Wildman–Crippen MR) is 48.5 cm³/mol. The zero-order chi connectivity index (χ0) is 8.65. The number of likely N-dealkylation sites (tertiary alicyclic amines) is 1. The molecule has 0 spiro atoms. The molecule has 2 atom stereocenters. The summed E-state index contributed by atoms with van der Waals surface area (Å²) >= 11 is 0. The summed E-state index contributed by atoms with van der Waals surface area (Å²) in [4.78, 5) is 2.39. The van der Waals surface area contributed by atoms with E-state index in [4.69, 9.17) is 5.73 Å². The molecule has 1 rings (SSSR count). The van der Waals surface area contributed by atoms with Crippen LogP contribution in [-0.4, -0.2) is 30.1 Å². The molecule has 1 saturated heterocycles. The van der Waals surface area contributed by atoms with Crippen LogP contribution in [0.3, 0.4) is 0 Å².